The van der Waals surface area contributed by atoms with Crippen LogP contribution < -0.4 is 11.0 Å². The van der Waals surface area contributed by atoms with Crippen molar-refractivity contribution in [1.29, 1.82) is 0 Å². The average molecular weight is 430 g/mol. The molecule has 1 amide bonds. The van der Waals surface area contributed by atoms with Crippen molar-refractivity contribution in [3.8, 4) is 5.75 Å². The molecule has 0 radical (unpaired) electrons. The maximum atomic E-state index is 12.5. The molecule has 3 aromatic rings. The predicted octanol–water partition coefficient (Wildman–Crippen LogP) is 4.17. The number of benzene rings is 2. The molecule has 6 nitrogen and oxygen atoms in total. The number of H-pyrrole nitrogens is 1. The van der Waals surface area contributed by atoms with Crippen molar-refractivity contribution < 1.29 is 9.90 Å². The highest BCUT2D eigenvalue weighted by atomic mass is 79.9. The molecule has 0 aliphatic heterocycles. The van der Waals surface area contributed by atoms with Gasteiger partial charge < -0.3 is 15.4 Å². The van der Waals surface area contributed by atoms with Crippen LogP contribution in [0.3, 0.4) is 0 Å². The predicted molar refractivity (Wildman–Crippen MR) is 108 cm³/mol. The minimum absolute atomic E-state index is 0.00634. The van der Waals surface area contributed by atoms with E-state index < -0.39 is 0 Å². The van der Waals surface area contributed by atoms with Crippen molar-refractivity contribution in [3.63, 3.8) is 0 Å². The van der Waals surface area contributed by atoms with Crippen LogP contribution in [0.5, 0.6) is 5.75 Å². The molecular weight excluding hydrogens is 410 g/mol. The van der Waals surface area contributed by atoms with E-state index in [9.17, 15) is 14.7 Å². The molecule has 1 aliphatic rings. The number of anilines is 1. The molecule has 0 atom stereocenters. The van der Waals surface area contributed by atoms with Crippen molar-refractivity contribution in [2.75, 3.05) is 5.32 Å². The Morgan fingerprint density at radius 2 is 1.81 bits per heavy atom. The van der Waals surface area contributed by atoms with E-state index in [4.69, 9.17) is 0 Å². The van der Waals surface area contributed by atoms with Gasteiger partial charge in [0.05, 0.1) is 11.0 Å². The van der Waals surface area contributed by atoms with Crippen LogP contribution in [0.1, 0.15) is 31.7 Å². The summed E-state index contributed by atoms with van der Waals surface area (Å²) in [7, 11) is 0. The zero-order valence-corrected chi connectivity index (χ0v) is 16.2. The number of hydrogen-bond donors (Lipinski definition) is 3. The van der Waals surface area contributed by atoms with Crippen LogP contribution >= 0.6 is 15.9 Å². The summed E-state index contributed by atoms with van der Waals surface area (Å²) in [5, 5.41) is 12.2. The second-order valence-electron chi connectivity index (χ2n) is 6.98. The number of phenolic OH excluding ortho intramolecular Hbond substituents is 1. The number of fused-ring (bicyclic) bond motifs is 1. The monoisotopic (exact) mass is 429 g/mol. The lowest BCUT2D eigenvalue weighted by atomic mass is 9.85. The van der Waals surface area contributed by atoms with Crippen LogP contribution in [0.25, 0.3) is 11.0 Å². The number of carbonyl (C=O) groups is 1. The molecule has 3 N–H and O–H groups in total. The number of imidazole rings is 1. The molecule has 0 unspecified atom stereocenters. The fraction of sp³-hybridized carbons (Fsp3) is 0.300. The van der Waals surface area contributed by atoms with E-state index in [1.54, 1.807) is 24.3 Å². The summed E-state index contributed by atoms with van der Waals surface area (Å²) in [6.07, 6.45) is 3.05. The van der Waals surface area contributed by atoms with E-state index in [0.29, 0.717) is 5.69 Å². The first-order chi connectivity index (χ1) is 13.0. The smallest absolute Gasteiger partial charge is 0.326 e. The fourth-order valence-electron chi connectivity index (χ4n) is 3.86. The Morgan fingerprint density at radius 1 is 1.11 bits per heavy atom. The fourth-order valence-corrected chi connectivity index (χ4v) is 4.32. The first kappa shape index (κ1) is 17.9. The van der Waals surface area contributed by atoms with E-state index in [2.05, 4.69) is 26.2 Å². The third-order valence-electron chi connectivity index (χ3n) is 5.27. The van der Waals surface area contributed by atoms with Crippen LogP contribution in [-0.2, 0) is 4.79 Å². The average Bonchev–Trinajstić information content (AvgIpc) is 3.01. The Labute approximate surface area is 164 Å². The molecule has 140 valence electrons. The summed E-state index contributed by atoms with van der Waals surface area (Å²) in [6.45, 7) is 0. The molecule has 0 bridgehead atoms. The van der Waals surface area contributed by atoms with Gasteiger partial charge in [-0.05, 0) is 78.0 Å². The zero-order chi connectivity index (χ0) is 19.0. The van der Waals surface area contributed by atoms with Gasteiger partial charge >= 0.3 is 5.69 Å². The van der Waals surface area contributed by atoms with Crippen LogP contribution in [0.4, 0.5) is 5.69 Å². The second-order valence-corrected chi connectivity index (χ2v) is 7.83. The topological polar surface area (TPSA) is 87.1 Å². The van der Waals surface area contributed by atoms with Gasteiger partial charge in [-0.3, -0.25) is 9.36 Å². The molecule has 0 saturated heterocycles. The number of carbonyl (C=O) groups excluding carboxylic acids is 1. The van der Waals surface area contributed by atoms with E-state index >= 15 is 0 Å². The van der Waals surface area contributed by atoms with Crippen LogP contribution in [0.15, 0.2) is 51.7 Å². The summed E-state index contributed by atoms with van der Waals surface area (Å²) < 4.78 is 2.70. The van der Waals surface area contributed by atoms with Gasteiger partial charge in [0.25, 0.3) is 0 Å². The SMILES string of the molecule is O=c1[nH]c2c(Br)cccc2n1[C@H]1CC[C@@H](C(=O)Nc2ccc(O)cc2)CC1. The lowest BCUT2D eigenvalue weighted by Gasteiger charge is -2.28. The highest BCUT2D eigenvalue weighted by Gasteiger charge is 2.29. The molecule has 1 heterocycles. The molecular formula is C20H20BrN3O3. The molecule has 4 rings (SSSR count). The highest BCUT2D eigenvalue weighted by molar-refractivity contribution is 9.10. The van der Waals surface area contributed by atoms with E-state index in [1.807, 2.05) is 22.8 Å². The molecule has 7 heteroatoms. The Morgan fingerprint density at radius 3 is 2.52 bits per heavy atom. The third-order valence-corrected chi connectivity index (χ3v) is 5.93. The molecule has 0 spiro atoms. The molecule has 1 saturated carbocycles. The van der Waals surface area contributed by atoms with E-state index in [0.717, 1.165) is 41.2 Å². The van der Waals surface area contributed by atoms with Crippen molar-refractivity contribution >= 4 is 38.6 Å². The number of aromatic hydroxyl groups is 1. The van der Waals surface area contributed by atoms with Crippen LogP contribution in [-0.4, -0.2) is 20.6 Å². The number of para-hydroxylation sites is 1. The number of aromatic nitrogens is 2. The van der Waals surface area contributed by atoms with Gasteiger partial charge in [0, 0.05) is 22.1 Å². The largest absolute Gasteiger partial charge is 0.508 e. The summed E-state index contributed by atoms with van der Waals surface area (Å²) in [6, 6.07) is 12.3. The van der Waals surface area contributed by atoms with Gasteiger partial charge in [0.2, 0.25) is 5.91 Å². The summed E-state index contributed by atoms with van der Waals surface area (Å²) in [4.78, 5) is 27.9. The zero-order valence-electron chi connectivity index (χ0n) is 14.6. The van der Waals surface area contributed by atoms with Gasteiger partial charge in [-0.1, -0.05) is 6.07 Å². The van der Waals surface area contributed by atoms with Crippen molar-refractivity contribution in [2.45, 2.75) is 31.7 Å². The summed E-state index contributed by atoms with van der Waals surface area (Å²) >= 11 is 3.48. The highest BCUT2D eigenvalue weighted by Crippen LogP contribution is 2.34. The quantitative estimate of drug-likeness (QED) is 0.546. The van der Waals surface area contributed by atoms with E-state index in [-0.39, 0.29) is 29.3 Å². The van der Waals surface area contributed by atoms with E-state index in [1.165, 1.54) is 0 Å². The molecule has 2 aromatic carbocycles. The number of rotatable bonds is 3. The number of amides is 1. The van der Waals surface area contributed by atoms with Gasteiger partial charge in [0.15, 0.2) is 0 Å². The minimum atomic E-state index is -0.103. The Balaban J connectivity index is 1.45. The van der Waals surface area contributed by atoms with Gasteiger partial charge in [0.1, 0.15) is 5.75 Å². The van der Waals surface area contributed by atoms with Gasteiger partial charge in [-0.15, -0.1) is 0 Å². The maximum absolute atomic E-state index is 12.5. The Hall–Kier alpha value is -2.54. The number of halogens is 1. The number of nitrogens with one attached hydrogen (secondary N) is 2. The van der Waals surface area contributed by atoms with Crippen molar-refractivity contribution in [3.05, 3.63) is 57.4 Å². The lowest BCUT2D eigenvalue weighted by Crippen LogP contribution is -2.31. The summed E-state index contributed by atoms with van der Waals surface area (Å²) in [5.74, 6) is 0.0974. The summed E-state index contributed by atoms with van der Waals surface area (Å²) in [5.41, 5.74) is 2.28. The number of hydrogen-bond acceptors (Lipinski definition) is 3. The molecule has 27 heavy (non-hydrogen) atoms. The van der Waals surface area contributed by atoms with Crippen LogP contribution in [0, 0.1) is 5.92 Å². The number of phenols is 1. The first-order valence-electron chi connectivity index (χ1n) is 9.01. The Bertz CT molecular complexity index is 1030. The lowest BCUT2D eigenvalue weighted by molar-refractivity contribution is -0.121. The van der Waals surface area contributed by atoms with Gasteiger partial charge in [-0.25, -0.2) is 4.79 Å². The molecule has 1 aliphatic carbocycles. The number of nitrogens with zero attached hydrogens (tertiary/aromatic N) is 1. The Kier molecular flexibility index (Phi) is 4.78. The van der Waals surface area contributed by atoms with Gasteiger partial charge in [-0.2, -0.15) is 0 Å². The van der Waals surface area contributed by atoms with Crippen molar-refractivity contribution in [2.24, 2.45) is 5.92 Å². The third kappa shape index (κ3) is 3.51. The molecule has 1 aromatic heterocycles. The first-order valence-corrected chi connectivity index (χ1v) is 9.81. The minimum Gasteiger partial charge on any atom is -0.508 e. The second kappa shape index (κ2) is 7.23. The normalized spacial score (nSPS) is 19.9. The standard InChI is InChI=1S/C20H20BrN3O3/c21-16-2-1-3-17-18(16)23-20(27)24(17)14-8-4-12(5-9-14)19(26)22-13-6-10-15(25)11-7-13/h1-3,6-7,10-12,14,25H,4-5,8-9H2,(H,22,26)(H,23,27)/t12-,14+. The number of aromatic amines is 1. The molecule has 1 fully saturated rings. The van der Waals surface area contributed by atoms with Crippen molar-refractivity contribution in [1.82, 2.24) is 9.55 Å². The maximum Gasteiger partial charge on any atom is 0.326 e. The van der Waals surface area contributed by atoms with Crippen LogP contribution in [0.2, 0.25) is 0 Å².